The third-order valence-corrected chi connectivity index (χ3v) is 2.28. The van der Waals surface area contributed by atoms with Crippen molar-refractivity contribution in [3.05, 3.63) is 22.8 Å². The van der Waals surface area contributed by atoms with Crippen molar-refractivity contribution < 1.29 is 5.11 Å². The predicted octanol–water partition coefficient (Wildman–Crippen LogP) is 2.43. The van der Waals surface area contributed by atoms with Gasteiger partial charge >= 0.3 is 0 Å². The molecule has 0 atom stereocenters. The molecule has 11 heavy (non-hydrogen) atoms. The maximum absolute atomic E-state index is 8.66. The minimum absolute atomic E-state index is 0.200. The van der Waals surface area contributed by atoms with Gasteiger partial charge in [-0.15, -0.1) is 0 Å². The van der Waals surface area contributed by atoms with Gasteiger partial charge in [0, 0.05) is 0 Å². The zero-order valence-electron chi connectivity index (χ0n) is 7.35. The van der Waals surface area contributed by atoms with Crippen molar-refractivity contribution in [2.24, 2.45) is 0 Å². The van der Waals surface area contributed by atoms with Gasteiger partial charge in [-0.2, -0.15) is 0 Å². The number of aliphatic hydroxyl groups excluding tert-OH is 1. The molecular weight excluding hydrogens is 136 g/mol. The Morgan fingerprint density at radius 1 is 1.45 bits per heavy atom. The molecule has 1 heteroatoms. The molecule has 1 aliphatic rings. The molecule has 1 aliphatic carbocycles. The first kappa shape index (κ1) is 8.54. The number of hydrogen-bond donors (Lipinski definition) is 1. The Labute approximate surface area is 68.4 Å². The third kappa shape index (κ3) is 2.19. The van der Waals surface area contributed by atoms with Crippen LogP contribution in [0.15, 0.2) is 22.8 Å². The molecule has 0 spiro atoms. The lowest BCUT2D eigenvalue weighted by Crippen LogP contribution is -1.79. The van der Waals surface area contributed by atoms with E-state index in [-0.39, 0.29) is 6.61 Å². The smallest absolute Gasteiger partial charge is 0.0615 e. The van der Waals surface area contributed by atoms with E-state index in [1.54, 1.807) is 5.57 Å². The molecule has 1 nitrogen and oxygen atoms in total. The van der Waals surface area contributed by atoms with Crippen molar-refractivity contribution in [2.45, 2.75) is 33.1 Å². The van der Waals surface area contributed by atoms with Crippen LogP contribution in [-0.2, 0) is 0 Å². The fraction of sp³-hybridized carbons (Fsp3) is 0.600. The Kier molecular flexibility index (Phi) is 2.89. The van der Waals surface area contributed by atoms with Gasteiger partial charge in [-0.05, 0) is 33.1 Å². The van der Waals surface area contributed by atoms with Crippen LogP contribution in [0.5, 0.6) is 0 Å². The first-order chi connectivity index (χ1) is 5.24. The molecule has 0 unspecified atom stereocenters. The van der Waals surface area contributed by atoms with E-state index in [1.807, 2.05) is 6.08 Å². The van der Waals surface area contributed by atoms with Crippen molar-refractivity contribution >= 4 is 0 Å². The molecule has 0 aliphatic heterocycles. The molecule has 1 saturated carbocycles. The summed E-state index contributed by atoms with van der Waals surface area (Å²) in [5, 5.41) is 8.66. The molecule has 1 rings (SSSR count). The maximum atomic E-state index is 8.66. The predicted molar refractivity (Wildman–Crippen MR) is 47.4 cm³/mol. The van der Waals surface area contributed by atoms with Gasteiger partial charge in [0.25, 0.3) is 0 Å². The van der Waals surface area contributed by atoms with Crippen molar-refractivity contribution in [2.75, 3.05) is 6.61 Å². The highest BCUT2D eigenvalue weighted by atomic mass is 16.2. The van der Waals surface area contributed by atoms with Gasteiger partial charge in [0.2, 0.25) is 0 Å². The van der Waals surface area contributed by atoms with Crippen LogP contribution in [0.4, 0.5) is 0 Å². The summed E-state index contributed by atoms with van der Waals surface area (Å²) in [6.07, 6.45) is 5.40. The van der Waals surface area contributed by atoms with Crippen molar-refractivity contribution in [1.82, 2.24) is 0 Å². The van der Waals surface area contributed by atoms with E-state index in [0.717, 1.165) is 12.8 Å². The maximum Gasteiger partial charge on any atom is 0.0615 e. The summed E-state index contributed by atoms with van der Waals surface area (Å²) in [5.41, 5.74) is 4.42. The van der Waals surface area contributed by atoms with E-state index in [4.69, 9.17) is 5.11 Å². The molecule has 62 valence electrons. The summed E-state index contributed by atoms with van der Waals surface area (Å²) >= 11 is 0. The first-order valence-corrected chi connectivity index (χ1v) is 4.18. The zero-order valence-corrected chi connectivity index (χ0v) is 7.35. The Morgan fingerprint density at radius 2 is 2.18 bits per heavy atom. The van der Waals surface area contributed by atoms with Crippen molar-refractivity contribution in [3.63, 3.8) is 0 Å². The van der Waals surface area contributed by atoms with Crippen LogP contribution < -0.4 is 0 Å². The van der Waals surface area contributed by atoms with E-state index in [2.05, 4.69) is 13.8 Å². The summed E-state index contributed by atoms with van der Waals surface area (Å²) in [4.78, 5) is 0. The average molecular weight is 152 g/mol. The number of allylic oxidation sites excluding steroid dienone is 3. The highest BCUT2D eigenvalue weighted by Gasteiger charge is 2.12. The molecule has 0 aromatic heterocycles. The van der Waals surface area contributed by atoms with Gasteiger partial charge in [0.15, 0.2) is 0 Å². The lowest BCUT2D eigenvalue weighted by Gasteiger charge is -1.96. The van der Waals surface area contributed by atoms with Gasteiger partial charge in [0.05, 0.1) is 6.61 Å². The fourth-order valence-electron chi connectivity index (χ4n) is 1.49. The summed E-state index contributed by atoms with van der Waals surface area (Å²) in [6, 6.07) is 0. The minimum atomic E-state index is 0.200. The van der Waals surface area contributed by atoms with Crippen LogP contribution in [0.2, 0.25) is 0 Å². The van der Waals surface area contributed by atoms with Crippen molar-refractivity contribution in [3.8, 4) is 0 Å². The summed E-state index contributed by atoms with van der Waals surface area (Å²) in [5.74, 6) is 0. The number of aliphatic hydroxyl groups is 1. The Morgan fingerprint density at radius 3 is 2.64 bits per heavy atom. The van der Waals surface area contributed by atoms with Crippen molar-refractivity contribution in [1.29, 1.82) is 0 Å². The molecule has 0 radical (unpaired) electrons. The van der Waals surface area contributed by atoms with Gasteiger partial charge < -0.3 is 5.11 Å². The normalized spacial score (nSPS) is 21.4. The van der Waals surface area contributed by atoms with Gasteiger partial charge in [-0.25, -0.2) is 0 Å². The summed E-state index contributed by atoms with van der Waals surface area (Å²) in [6.45, 7) is 4.53. The second kappa shape index (κ2) is 3.72. The molecule has 0 saturated heterocycles. The molecular formula is C10H16O. The highest BCUT2D eigenvalue weighted by molar-refractivity contribution is 5.26. The lowest BCUT2D eigenvalue weighted by molar-refractivity contribution is 0.341. The van der Waals surface area contributed by atoms with Gasteiger partial charge in [-0.3, -0.25) is 0 Å². The lowest BCUT2D eigenvalue weighted by atomic mass is 10.1. The molecule has 0 aromatic rings. The van der Waals surface area contributed by atoms with E-state index in [0.29, 0.717) is 0 Å². The molecule has 0 amide bonds. The standard InChI is InChI=1S/C10H16O/c1-8(2)10-4-3-9(7-10)5-6-11/h5,11H,3-4,6-7H2,1-2H3. The van der Waals surface area contributed by atoms with Crippen LogP contribution in [0.1, 0.15) is 33.1 Å². The van der Waals surface area contributed by atoms with E-state index < -0.39 is 0 Å². The Hall–Kier alpha value is -0.560. The monoisotopic (exact) mass is 152 g/mol. The van der Waals surface area contributed by atoms with Gasteiger partial charge in [-0.1, -0.05) is 22.8 Å². The number of rotatable bonds is 1. The first-order valence-electron chi connectivity index (χ1n) is 4.18. The molecule has 0 aromatic carbocycles. The Balaban J connectivity index is 2.61. The second-order valence-electron chi connectivity index (χ2n) is 3.33. The molecule has 1 N–H and O–H groups in total. The number of hydrogen-bond acceptors (Lipinski definition) is 1. The minimum Gasteiger partial charge on any atom is -0.392 e. The van der Waals surface area contributed by atoms with E-state index >= 15 is 0 Å². The summed E-state index contributed by atoms with van der Waals surface area (Å²) < 4.78 is 0. The third-order valence-electron chi connectivity index (χ3n) is 2.28. The highest BCUT2D eigenvalue weighted by Crippen LogP contribution is 2.31. The van der Waals surface area contributed by atoms with E-state index in [1.165, 1.54) is 17.6 Å². The van der Waals surface area contributed by atoms with Crippen LogP contribution in [0, 0.1) is 0 Å². The topological polar surface area (TPSA) is 20.2 Å². The van der Waals surface area contributed by atoms with Crippen LogP contribution in [-0.4, -0.2) is 11.7 Å². The fourth-order valence-corrected chi connectivity index (χ4v) is 1.49. The molecule has 1 fully saturated rings. The van der Waals surface area contributed by atoms with Crippen LogP contribution >= 0.6 is 0 Å². The Bertz CT molecular complexity index is 195. The van der Waals surface area contributed by atoms with E-state index in [9.17, 15) is 0 Å². The van der Waals surface area contributed by atoms with Crippen LogP contribution in [0.3, 0.4) is 0 Å². The summed E-state index contributed by atoms with van der Waals surface area (Å²) in [7, 11) is 0. The largest absolute Gasteiger partial charge is 0.392 e. The molecule has 0 bridgehead atoms. The quantitative estimate of drug-likeness (QED) is 0.572. The SMILES string of the molecule is CC(C)=C1CCC(=CCO)C1. The van der Waals surface area contributed by atoms with Crippen LogP contribution in [0.25, 0.3) is 0 Å². The molecule has 0 heterocycles. The zero-order chi connectivity index (χ0) is 8.27. The second-order valence-corrected chi connectivity index (χ2v) is 3.33. The van der Waals surface area contributed by atoms with Gasteiger partial charge in [0.1, 0.15) is 0 Å². The average Bonchev–Trinajstić information content (AvgIpc) is 2.37.